The molecule has 4 heteroatoms. The van der Waals surface area contributed by atoms with Gasteiger partial charge in [0.25, 0.3) is 0 Å². The molecule has 0 unspecified atom stereocenters. The molecule has 2 aromatic rings. The van der Waals surface area contributed by atoms with Crippen LogP contribution in [0.2, 0.25) is 39.3 Å². The second-order valence-corrected chi connectivity index (χ2v) is 20.2. The monoisotopic (exact) mass is 398 g/mol. The first kappa shape index (κ1) is 20.5. The third kappa shape index (κ3) is 4.29. The molecule has 0 N–H and O–H groups in total. The van der Waals surface area contributed by atoms with Crippen LogP contribution in [0.5, 0.6) is 0 Å². The van der Waals surface area contributed by atoms with Gasteiger partial charge in [-0.3, -0.25) is 0 Å². The van der Waals surface area contributed by atoms with Gasteiger partial charge in [0.15, 0.2) is 5.79 Å². The van der Waals surface area contributed by atoms with Crippen molar-refractivity contribution >= 4 is 26.5 Å². The van der Waals surface area contributed by atoms with Crippen molar-refractivity contribution in [2.75, 3.05) is 0 Å². The van der Waals surface area contributed by atoms with E-state index in [1.807, 2.05) is 13.8 Å². The molecule has 27 heavy (non-hydrogen) atoms. The maximum atomic E-state index is 6.52. The fourth-order valence-corrected chi connectivity index (χ4v) is 7.45. The van der Waals surface area contributed by atoms with Gasteiger partial charge in [0.1, 0.15) is 12.2 Å². The van der Waals surface area contributed by atoms with Crippen molar-refractivity contribution < 1.29 is 9.47 Å². The fourth-order valence-electron chi connectivity index (χ4n) is 4.07. The average Bonchev–Trinajstić information content (AvgIpc) is 2.89. The number of ether oxygens (including phenoxy) is 2. The van der Waals surface area contributed by atoms with Crippen molar-refractivity contribution in [3.63, 3.8) is 0 Å². The van der Waals surface area contributed by atoms with Gasteiger partial charge in [-0.1, -0.05) is 98.2 Å². The van der Waals surface area contributed by atoms with E-state index in [1.165, 1.54) is 21.5 Å². The lowest BCUT2D eigenvalue weighted by atomic mass is 9.98. The van der Waals surface area contributed by atoms with Gasteiger partial charge >= 0.3 is 0 Å². The summed E-state index contributed by atoms with van der Waals surface area (Å²) in [4.78, 5) is 0. The Balaban J connectivity index is 2.15. The van der Waals surface area contributed by atoms with Crippen molar-refractivity contribution in [1.82, 2.24) is 0 Å². The summed E-state index contributed by atoms with van der Waals surface area (Å²) in [6.07, 6.45) is -0.138. The lowest BCUT2D eigenvalue weighted by molar-refractivity contribution is -0.147. The van der Waals surface area contributed by atoms with Gasteiger partial charge in [-0.15, -0.1) is 0 Å². The third-order valence-electron chi connectivity index (χ3n) is 5.25. The number of rotatable bonds is 4. The Morgan fingerprint density at radius 2 is 0.963 bits per heavy atom. The Morgan fingerprint density at radius 3 is 1.30 bits per heavy atom. The summed E-state index contributed by atoms with van der Waals surface area (Å²) >= 11 is 0. The molecule has 1 aliphatic heterocycles. The summed E-state index contributed by atoms with van der Waals surface area (Å²) in [5.41, 5.74) is 2.61. The summed E-state index contributed by atoms with van der Waals surface area (Å²) in [6.45, 7) is 18.5. The molecule has 146 valence electrons. The molecule has 1 heterocycles. The lowest BCUT2D eigenvalue weighted by Crippen LogP contribution is -2.43. The first-order valence-electron chi connectivity index (χ1n) is 9.95. The zero-order valence-corrected chi connectivity index (χ0v) is 20.1. The Labute approximate surface area is 166 Å². The molecular formula is C23H34O2Si2. The van der Waals surface area contributed by atoms with Crippen molar-refractivity contribution in [3.05, 3.63) is 59.7 Å². The van der Waals surface area contributed by atoms with E-state index in [4.69, 9.17) is 9.47 Å². The molecule has 0 amide bonds. The maximum absolute atomic E-state index is 6.52. The maximum Gasteiger partial charge on any atom is 0.164 e. The minimum absolute atomic E-state index is 0.0691. The van der Waals surface area contributed by atoms with Gasteiger partial charge in [-0.05, 0) is 25.0 Å². The Hall–Kier alpha value is -1.21. The molecule has 0 spiro atoms. The zero-order valence-electron chi connectivity index (χ0n) is 18.1. The van der Waals surface area contributed by atoms with Crippen molar-refractivity contribution in [1.29, 1.82) is 0 Å². The highest BCUT2D eigenvalue weighted by molar-refractivity contribution is 6.89. The van der Waals surface area contributed by atoms with Gasteiger partial charge in [0.05, 0.1) is 16.1 Å². The summed E-state index contributed by atoms with van der Waals surface area (Å²) in [6, 6.07) is 17.6. The molecule has 3 rings (SSSR count). The van der Waals surface area contributed by atoms with Crippen molar-refractivity contribution in [3.8, 4) is 0 Å². The lowest BCUT2D eigenvalue weighted by Gasteiger charge is -2.29. The van der Waals surface area contributed by atoms with Crippen LogP contribution < -0.4 is 10.4 Å². The topological polar surface area (TPSA) is 18.5 Å². The van der Waals surface area contributed by atoms with E-state index >= 15 is 0 Å². The SMILES string of the molecule is CC1(C)O[C@H](c2ccccc2[Si](C)(C)C)[C@@H](c2ccccc2[Si](C)(C)C)O1. The van der Waals surface area contributed by atoms with Gasteiger partial charge in [0.2, 0.25) is 0 Å². The van der Waals surface area contributed by atoms with E-state index in [1.54, 1.807) is 0 Å². The summed E-state index contributed by atoms with van der Waals surface area (Å²) in [5.74, 6) is -0.589. The van der Waals surface area contributed by atoms with Crippen LogP contribution in [0.15, 0.2) is 48.5 Å². The Morgan fingerprint density at radius 1 is 0.630 bits per heavy atom. The van der Waals surface area contributed by atoms with Crippen molar-refractivity contribution in [2.24, 2.45) is 0 Å². The number of benzene rings is 2. The van der Waals surface area contributed by atoms with Gasteiger partial charge in [-0.25, -0.2) is 0 Å². The molecule has 1 saturated heterocycles. The molecule has 0 saturated carbocycles. The fraction of sp³-hybridized carbons (Fsp3) is 0.478. The minimum Gasteiger partial charge on any atom is -0.339 e. The molecule has 2 nitrogen and oxygen atoms in total. The van der Waals surface area contributed by atoms with Gasteiger partial charge < -0.3 is 9.47 Å². The molecular weight excluding hydrogens is 364 g/mol. The van der Waals surface area contributed by atoms with Crippen LogP contribution in [0, 0.1) is 0 Å². The molecule has 0 aromatic heterocycles. The summed E-state index contributed by atoms with van der Waals surface area (Å²) in [5, 5.41) is 2.93. The second kappa shape index (κ2) is 7.00. The largest absolute Gasteiger partial charge is 0.339 e. The highest BCUT2D eigenvalue weighted by Gasteiger charge is 2.45. The highest BCUT2D eigenvalue weighted by Crippen LogP contribution is 2.46. The smallest absolute Gasteiger partial charge is 0.164 e. The Bertz CT molecular complexity index is 748. The van der Waals surface area contributed by atoms with Crippen LogP contribution >= 0.6 is 0 Å². The minimum atomic E-state index is -1.50. The zero-order chi connectivity index (χ0) is 20.0. The quantitative estimate of drug-likeness (QED) is 0.647. The number of hydrogen-bond donors (Lipinski definition) is 0. The van der Waals surface area contributed by atoms with Crippen LogP contribution in [-0.4, -0.2) is 21.9 Å². The van der Waals surface area contributed by atoms with Crippen LogP contribution in [-0.2, 0) is 9.47 Å². The van der Waals surface area contributed by atoms with Crippen LogP contribution in [0.3, 0.4) is 0 Å². The molecule has 1 fully saturated rings. The number of hydrogen-bond acceptors (Lipinski definition) is 2. The molecule has 0 radical (unpaired) electrons. The first-order valence-corrected chi connectivity index (χ1v) is 16.9. The predicted molar refractivity (Wildman–Crippen MR) is 121 cm³/mol. The second-order valence-electron chi connectivity index (χ2n) is 10.2. The normalized spacial score (nSPS) is 22.8. The molecule has 0 aliphatic carbocycles. The molecule has 1 aliphatic rings. The van der Waals surface area contributed by atoms with Gasteiger partial charge in [0, 0.05) is 0 Å². The van der Waals surface area contributed by atoms with Crippen LogP contribution in [0.1, 0.15) is 37.2 Å². The molecule has 2 atom stereocenters. The molecule has 0 bridgehead atoms. The van der Waals surface area contributed by atoms with E-state index in [0.717, 1.165) is 0 Å². The third-order valence-corrected chi connectivity index (χ3v) is 9.39. The predicted octanol–water partition coefficient (Wildman–Crippen LogP) is 5.34. The van der Waals surface area contributed by atoms with E-state index < -0.39 is 21.9 Å². The van der Waals surface area contributed by atoms with E-state index in [9.17, 15) is 0 Å². The Kier molecular flexibility index (Phi) is 5.32. The van der Waals surface area contributed by atoms with Gasteiger partial charge in [-0.2, -0.15) is 0 Å². The standard InChI is InChI=1S/C23H34O2Si2/c1-23(2)24-21(17-13-9-11-15-19(17)26(3,4)5)22(25-23)18-14-10-12-16-20(18)27(6,7)8/h9-16,21-22H,1-8H3/t21-,22-/m1/s1. The molecule has 2 aromatic carbocycles. The van der Waals surface area contributed by atoms with E-state index in [2.05, 4.69) is 87.8 Å². The van der Waals surface area contributed by atoms with E-state index in [0.29, 0.717) is 0 Å². The van der Waals surface area contributed by atoms with Crippen LogP contribution in [0.4, 0.5) is 0 Å². The first-order chi connectivity index (χ1) is 12.4. The van der Waals surface area contributed by atoms with E-state index in [-0.39, 0.29) is 12.2 Å². The summed E-state index contributed by atoms with van der Waals surface area (Å²) < 4.78 is 13.0. The highest BCUT2D eigenvalue weighted by atomic mass is 28.3. The average molecular weight is 399 g/mol. The van der Waals surface area contributed by atoms with Crippen LogP contribution in [0.25, 0.3) is 0 Å². The van der Waals surface area contributed by atoms with Crippen molar-refractivity contribution in [2.45, 2.75) is 71.1 Å². The summed E-state index contributed by atoms with van der Waals surface area (Å²) in [7, 11) is -3.00.